The number of halogens is 1. The van der Waals surface area contributed by atoms with E-state index in [0.29, 0.717) is 27.0 Å². The summed E-state index contributed by atoms with van der Waals surface area (Å²) < 4.78 is 5.15. The summed E-state index contributed by atoms with van der Waals surface area (Å²) in [5.74, 6) is 0.268. The Morgan fingerprint density at radius 2 is 2.22 bits per heavy atom. The molecular formula is C12H11ClN2O2S. The molecule has 0 atom stereocenters. The molecule has 0 radical (unpaired) electrons. The molecule has 0 aliphatic carbocycles. The molecule has 0 saturated heterocycles. The minimum atomic E-state index is -0.279. The lowest BCUT2D eigenvalue weighted by Crippen LogP contribution is -2.11. The highest BCUT2D eigenvalue weighted by molar-refractivity contribution is 7.12. The standard InChI is InChI=1S/C12H11ClN2O2S/c1-17-10-3-2-7(14)6-9(10)15-12(16)11-8(13)4-5-18-11/h2-6H,14H2,1H3,(H,15,16). The first-order valence-corrected chi connectivity index (χ1v) is 6.35. The average molecular weight is 283 g/mol. The quantitative estimate of drug-likeness (QED) is 0.850. The van der Waals surface area contributed by atoms with Crippen molar-refractivity contribution >= 4 is 40.2 Å². The van der Waals surface area contributed by atoms with Crippen molar-refractivity contribution in [2.45, 2.75) is 0 Å². The van der Waals surface area contributed by atoms with Crippen LogP contribution in [-0.4, -0.2) is 13.0 Å². The Labute approximate surface area is 113 Å². The van der Waals surface area contributed by atoms with E-state index in [9.17, 15) is 4.79 Å². The fraction of sp³-hybridized carbons (Fsp3) is 0.0833. The molecule has 94 valence electrons. The zero-order valence-corrected chi connectivity index (χ0v) is 11.1. The number of benzene rings is 1. The molecule has 0 spiro atoms. The molecule has 1 aromatic carbocycles. The normalized spacial score (nSPS) is 10.1. The van der Waals surface area contributed by atoms with E-state index in [4.69, 9.17) is 22.1 Å². The summed E-state index contributed by atoms with van der Waals surface area (Å²) in [5.41, 5.74) is 6.74. The molecule has 6 heteroatoms. The largest absolute Gasteiger partial charge is 0.495 e. The van der Waals surface area contributed by atoms with E-state index in [2.05, 4.69) is 5.32 Å². The van der Waals surface area contributed by atoms with Gasteiger partial charge in [-0.15, -0.1) is 11.3 Å². The predicted molar refractivity (Wildman–Crippen MR) is 74.7 cm³/mol. The number of amides is 1. The van der Waals surface area contributed by atoms with Crippen LogP contribution in [0.3, 0.4) is 0 Å². The van der Waals surface area contributed by atoms with Gasteiger partial charge < -0.3 is 15.8 Å². The van der Waals surface area contributed by atoms with Crippen molar-refractivity contribution in [1.82, 2.24) is 0 Å². The summed E-state index contributed by atoms with van der Waals surface area (Å²) in [5, 5.41) is 4.92. The molecule has 0 bridgehead atoms. The molecule has 3 N–H and O–H groups in total. The van der Waals surface area contributed by atoms with Crippen molar-refractivity contribution < 1.29 is 9.53 Å². The average Bonchev–Trinajstić information content (AvgIpc) is 2.76. The maximum atomic E-state index is 12.0. The van der Waals surface area contributed by atoms with Crippen LogP contribution in [0.15, 0.2) is 29.6 Å². The molecular weight excluding hydrogens is 272 g/mol. The van der Waals surface area contributed by atoms with Crippen LogP contribution in [0.25, 0.3) is 0 Å². The summed E-state index contributed by atoms with van der Waals surface area (Å²) in [7, 11) is 1.53. The summed E-state index contributed by atoms with van der Waals surface area (Å²) in [6, 6.07) is 6.71. The molecule has 1 aromatic heterocycles. The first-order valence-electron chi connectivity index (χ1n) is 5.09. The number of nitrogen functional groups attached to an aromatic ring is 1. The van der Waals surface area contributed by atoms with Gasteiger partial charge in [0.05, 0.1) is 17.8 Å². The second kappa shape index (κ2) is 5.29. The van der Waals surface area contributed by atoms with Crippen molar-refractivity contribution in [3.05, 3.63) is 39.5 Å². The maximum Gasteiger partial charge on any atom is 0.267 e. The van der Waals surface area contributed by atoms with Gasteiger partial charge in [-0.25, -0.2) is 0 Å². The molecule has 0 aliphatic heterocycles. The van der Waals surface area contributed by atoms with E-state index < -0.39 is 0 Å². The third kappa shape index (κ3) is 2.57. The maximum absolute atomic E-state index is 12.0. The number of carbonyl (C=O) groups is 1. The van der Waals surface area contributed by atoms with E-state index in [1.54, 1.807) is 29.6 Å². The lowest BCUT2D eigenvalue weighted by Gasteiger charge is -2.10. The van der Waals surface area contributed by atoms with E-state index in [-0.39, 0.29) is 5.91 Å². The molecule has 1 heterocycles. The number of anilines is 2. The fourth-order valence-electron chi connectivity index (χ4n) is 1.46. The van der Waals surface area contributed by atoms with Crippen LogP contribution in [0.5, 0.6) is 5.75 Å². The van der Waals surface area contributed by atoms with Crippen molar-refractivity contribution in [2.24, 2.45) is 0 Å². The van der Waals surface area contributed by atoms with Gasteiger partial charge in [0.25, 0.3) is 5.91 Å². The first-order chi connectivity index (χ1) is 8.61. The Hall–Kier alpha value is -1.72. The molecule has 0 unspecified atom stereocenters. The highest BCUT2D eigenvalue weighted by Gasteiger charge is 2.14. The van der Waals surface area contributed by atoms with Crippen molar-refractivity contribution in [1.29, 1.82) is 0 Å². The number of hydrogen-bond donors (Lipinski definition) is 2. The van der Waals surface area contributed by atoms with Gasteiger partial charge >= 0.3 is 0 Å². The Balaban J connectivity index is 2.27. The summed E-state index contributed by atoms with van der Waals surface area (Å²) in [6.07, 6.45) is 0. The van der Waals surface area contributed by atoms with Gasteiger partial charge in [-0.05, 0) is 29.6 Å². The van der Waals surface area contributed by atoms with Crippen molar-refractivity contribution in [2.75, 3.05) is 18.2 Å². The van der Waals surface area contributed by atoms with Crippen LogP contribution in [0.4, 0.5) is 11.4 Å². The summed E-state index contributed by atoms with van der Waals surface area (Å²) >= 11 is 7.18. The van der Waals surface area contributed by atoms with Gasteiger partial charge in [0, 0.05) is 5.69 Å². The zero-order valence-electron chi connectivity index (χ0n) is 9.57. The molecule has 0 fully saturated rings. The van der Waals surface area contributed by atoms with Crippen LogP contribution in [-0.2, 0) is 0 Å². The topological polar surface area (TPSA) is 64.3 Å². The number of carbonyl (C=O) groups excluding carboxylic acids is 1. The lowest BCUT2D eigenvalue weighted by molar-refractivity contribution is 0.103. The number of nitrogens with one attached hydrogen (secondary N) is 1. The van der Waals surface area contributed by atoms with E-state index in [0.717, 1.165) is 0 Å². The summed E-state index contributed by atoms with van der Waals surface area (Å²) in [6.45, 7) is 0. The Kier molecular flexibility index (Phi) is 3.74. The van der Waals surface area contributed by atoms with Crippen LogP contribution in [0.1, 0.15) is 9.67 Å². The third-order valence-corrected chi connectivity index (χ3v) is 3.64. The second-order valence-electron chi connectivity index (χ2n) is 3.51. The van der Waals surface area contributed by atoms with Gasteiger partial charge in [-0.2, -0.15) is 0 Å². The monoisotopic (exact) mass is 282 g/mol. The van der Waals surface area contributed by atoms with Gasteiger partial charge in [-0.3, -0.25) is 4.79 Å². The minimum Gasteiger partial charge on any atom is -0.495 e. The number of thiophene rings is 1. The van der Waals surface area contributed by atoms with E-state index >= 15 is 0 Å². The smallest absolute Gasteiger partial charge is 0.267 e. The Morgan fingerprint density at radius 3 is 2.83 bits per heavy atom. The molecule has 4 nitrogen and oxygen atoms in total. The minimum absolute atomic E-state index is 0.279. The van der Waals surface area contributed by atoms with Crippen molar-refractivity contribution in [3.8, 4) is 5.75 Å². The van der Waals surface area contributed by atoms with Crippen LogP contribution >= 0.6 is 22.9 Å². The predicted octanol–water partition coefficient (Wildman–Crippen LogP) is 3.24. The lowest BCUT2D eigenvalue weighted by atomic mass is 10.2. The van der Waals surface area contributed by atoms with Crippen LogP contribution in [0, 0.1) is 0 Å². The molecule has 2 rings (SSSR count). The SMILES string of the molecule is COc1ccc(N)cc1NC(=O)c1sccc1Cl. The number of methoxy groups -OCH3 is 1. The second-order valence-corrected chi connectivity index (χ2v) is 4.83. The van der Waals surface area contributed by atoms with Crippen LogP contribution < -0.4 is 15.8 Å². The van der Waals surface area contributed by atoms with Gasteiger partial charge in [0.1, 0.15) is 10.6 Å². The van der Waals surface area contributed by atoms with Crippen LogP contribution in [0.2, 0.25) is 5.02 Å². The number of rotatable bonds is 3. The van der Waals surface area contributed by atoms with Crippen molar-refractivity contribution in [3.63, 3.8) is 0 Å². The molecule has 0 saturated carbocycles. The number of hydrogen-bond acceptors (Lipinski definition) is 4. The van der Waals surface area contributed by atoms with E-state index in [1.807, 2.05) is 0 Å². The molecule has 18 heavy (non-hydrogen) atoms. The van der Waals surface area contributed by atoms with Gasteiger partial charge in [0.2, 0.25) is 0 Å². The third-order valence-electron chi connectivity index (χ3n) is 2.30. The Morgan fingerprint density at radius 1 is 1.44 bits per heavy atom. The fourth-order valence-corrected chi connectivity index (χ4v) is 2.49. The van der Waals surface area contributed by atoms with E-state index in [1.165, 1.54) is 18.4 Å². The number of nitrogens with two attached hydrogens (primary N) is 1. The number of ether oxygens (including phenoxy) is 1. The molecule has 2 aromatic rings. The molecule has 1 amide bonds. The highest BCUT2D eigenvalue weighted by atomic mass is 35.5. The zero-order chi connectivity index (χ0) is 13.1. The Bertz CT molecular complexity index is 583. The van der Waals surface area contributed by atoms with Gasteiger partial charge in [-0.1, -0.05) is 11.6 Å². The first kappa shape index (κ1) is 12.7. The highest BCUT2D eigenvalue weighted by Crippen LogP contribution is 2.29. The summed E-state index contributed by atoms with van der Waals surface area (Å²) in [4.78, 5) is 12.5. The van der Waals surface area contributed by atoms with Gasteiger partial charge in [0.15, 0.2) is 0 Å². The molecule has 0 aliphatic rings.